The third-order valence-electron chi connectivity index (χ3n) is 1.82. The molecule has 0 aromatic rings. The number of hydrogen-bond acceptors (Lipinski definition) is 1. The summed E-state index contributed by atoms with van der Waals surface area (Å²) in [4.78, 5) is 11.0. The molecule has 0 saturated heterocycles. The normalized spacial score (nSPS) is 19.7. The molecule has 74 valence electrons. The number of rotatable bonds is 0. The topological polar surface area (TPSA) is 17.1 Å². The van der Waals surface area contributed by atoms with Crippen LogP contribution in [0.3, 0.4) is 0 Å². The Morgan fingerprint density at radius 1 is 1.46 bits per heavy atom. The highest BCUT2D eigenvalue weighted by atomic mass is 16.1. The second kappa shape index (κ2) is 5.00. The predicted molar refractivity (Wildman–Crippen MR) is 57.7 cm³/mol. The van der Waals surface area contributed by atoms with Gasteiger partial charge in [-0.1, -0.05) is 25.5 Å². The van der Waals surface area contributed by atoms with Gasteiger partial charge in [0.2, 0.25) is 0 Å². The Bertz CT molecular complexity index is 221. The molecule has 0 radical (unpaired) electrons. The van der Waals surface area contributed by atoms with Crippen LogP contribution >= 0.6 is 0 Å². The van der Waals surface area contributed by atoms with Crippen molar-refractivity contribution in [2.45, 2.75) is 40.5 Å². The first-order valence-corrected chi connectivity index (χ1v) is 4.68. The first kappa shape index (κ1) is 12.2. The number of carbonyl (C=O) groups excluding carboxylic acids is 1. The fourth-order valence-corrected chi connectivity index (χ4v) is 1.67. The zero-order valence-electron chi connectivity index (χ0n) is 9.18. The molecule has 1 nitrogen and oxygen atoms in total. The minimum absolute atomic E-state index is 0.204. The molecule has 1 rings (SSSR count). The van der Waals surface area contributed by atoms with Crippen molar-refractivity contribution >= 4 is 5.78 Å². The molecular formula is C12H20O. The van der Waals surface area contributed by atoms with E-state index in [0.717, 1.165) is 6.42 Å². The quantitative estimate of drug-likeness (QED) is 0.521. The SMILES string of the molecule is C=CC.CC1=CC(=O)CC(C)(C)C1. The molecule has 0 fully saturated rings. The molecule has 0 atom stereocenters. The fourth-order valence-electron chi connectivity index (χ4n) is 1.67. The van der Waals surface area contributed by atoms with E-state index in [2.05, 4.69) is 20.4 Å². The van der Waals surface area contributed by atoms with E-state index in [-0.39, 0.29) is 11.2 Å². The van der Waals surface area contributed by atoms with Crippen LogP contribution < -0.4 is 0 Å². The molecule has 1 aliphatic rings. The van der Waals surface area contributed by atoms with Crippen molar-refractivity contribution in [2.24, 2.45) is 5.41 Å². The van der Waals surface area contributed by atoms with E-state index in [0.29, 0.717) is 6.42 Å². The third-order valence-corrected chi connectivity index (χ3v) is 1.82. The average molecular weight is 180 g/mol. The first-order chi connectivity index (χ1) is 5.91. The van der Waals surface area contributed by atoms with Gasteiger partial charge in [0.15, 0.2) is 5.78 Å². The average Bonchev–Trinajstić information content (AvgIpc) is 1.81. The lowest BCUT2D eigenvalue weighted by Crippen LogP contribution is -2.20. The summed E-state index contributed by atoms with van der Waals surface area (Å²) >= 11 is 0. The molecule has 0 saturated carbocycles. The van der Waals surface area contributed by atoms with Crippen molar-refractivity contribution in [3.8, 4) is 0 Å². The van der Waals surface area contributed by atoms with E-state index < -0.39 is 0 Å². The number of ketones is 1. The highest BCUT2D eigenvalue weighted by Crippen LogP contribution is 2.32. The fraction of sp³-hybridized carbons (Fsp3) is 0.583. The molecule has 0 aromatic heterocycles. The summed E-state index contributed by atoms with van der Waals surface area (Å²) in [6.07, 6.45) is 5.30. The van der Waals surface area contributed by atoms with Crippen LogP contribution in [0, 0.1) is 5.41 Å². The van der Waals surface area contributed by atoms with Gasteiger partial charge in [0.05, 0.1) is 0 Å². The van der Waals surface area contributed by atoms with Gasteiger partial charge in [0.25, 0.3) is 0 Å². The highest BCUT2D eigenvalue weighted by molar-refractivity contribution is 5.91. The van der Waals surface area contributed by atoms with Gasteiger partial charge >= 0.3 is 0 Å². The van der Waals surface area contributed by atoms with Crippen LogP contribution in [0.25, 0.3) is 0 Å². The maximum Gasteiger partial charge on any atom is 0.156 e. The van der Waals surface area contributed by atoms with E-state index in [1.807, 2.05) is 13.8 Å². The lowest BCUT2D eigenvalue weighted by atomic mass is 9.77. The molecule has 1 aliphatic carbocycles. The van der Waals surface area contributed by atoms with Gasteiger partial charge < -0.3 is 0 Å². The third kappa shape index (κ3) is 5.40. The number of allylic oxidation sites excluding steroid dienone is 3. The van der Waals surface area contributed by atoms with Crippen LogP contribution in [0.1, 0.15) is 40.5 Å². The van der Waals surface area contributed by atoms with Gasteiger partial charge in [0.1, 0.15) is 0 Å². The first-order valence-electron chi connectivity index (χ1n) is 4.68. The van der Waals surface area contributed by atoms with Gasteiger partial charge in [-0.05, 0) is 31.8 Å². The molecule has 0 spiro atoms. The Morgan fingerprint density at radius 2 is 1.92 bits per heavy atom. The van der Waals surface area contributed by atoms with Crippen molar-refractivity contribution in [1.82, 2.24) is 0 Å². The Balaban J connectivity index is 0.000000424. The lowest BCUT2D eigenvalue weighted by Gasteiger charge is -2.27. The van der Waals surface area contributed by atoms with E-state index in [9.17, 15) is 4.79 Å². The van der Waals surface area contributed by atoms with Crippen LogP contribution in [0.5, 0.6) is 0 Å². The van der Waals surface area contributed by atoms with Crippen molar-refractivity contribution in [2.75, 3.05) is 0 Å². The van der Waals surface area contributed by atoms with E-state index in [1.165, 1.54) is 5.57 Å². The summed E-state index contributed by atoms with van der Waals surface area (Å²) in [5.41, 5.74) is 1.43. The Morgan fingerprint density at radius 3 is 2.23 bits per heavy atom. The van der Waals surface area contributed by atoms with Gasteiger partial charge in [-0.15, -0.1) is 6.58 Å². The van der Waals surface area contributed by atoms with E-state index in [1.54, 1.807) is 12.2 Å². The van der Waals surface area contributed by atoms with Crippen LogP contribution in [0.4, 0.5) is 0 Å². The second-order valence-corrected chi connectivity index (χ2v) is 4.38. The van der Waals surface area contributed by atoms with Gasteiger partial charge in [-0.3, -0.25) is 4.79 Å². The van der Waals surface area contributed by atoms with Gasteiger partial charge in [-0.25, -0.2) is 0 Å². The summed E-state index contributed by atoms with van der Waals surface area (Å²) in [6.45, 7) is 11.6. The molecule has 0 unspecified atom stereocenters. The van der Waals surface area contributed by atoms with E-state index >= 15 is 0 Å². The van der Waals surface area contributed by atoms with E-state index in [4.69, 9.17) is 0 Å². The maximum absolute atomic E-state index is 11.0. The van der Waals surface area contributed by atoms with Gasteiger partial charge in [0, 0.05) is 6.42 Å². The minimum Gasteiger partial charge on any atom is -0.295 e. The molecule has 0 aliphatic heterocycles. The largest absolute Gasteiger partial charge is 0.295 e. The minimum atomic E-state index is 0.204. The summed E-state index contributed by atoms with van der Waals surface area (Å²) in [5.74, 6) is 0.286. The monoisotopic (exact) mass is 180 g/mol. The van der Waals surface area contributed by atoms with Crippen LogP contribution in [0.2, 0.25) is 0 Å². The summed E-state index contributed by atoms with van der Waals surface area (Å²) < 4.78 is 0. The zero-order valence-corrected chi connectivity index (χ0v) is 9.18. The molecule has 0 aromatic carbocycles. The Labute approximate surface area is 81.5 Å². The van der Waals surface area contributed by atoms with Crippen molar-refractivity contribution < 1.29 is 4.79 Å². The van der Waals surface area contributed by atoms with Crippen LogP contribution in [-0.4, -0.2) is 5.78 Å². The summed E-state index contributed by atoms with van der Waals surface area (Å²) in [6, 6.07) is 0. The van der Waals surface area contributed by atoms with Crippen molar-refractivity contribution in [3.05, 3.63) is 24.3 Å². The van der Waals surface area contributed by atoms with Crippen LogP contribution in [-0.2, 0) is 4.79 Å². The standard InChI is InChI=1S/C9H14O.C3H6/c1-7-4-8(10)6-9(2,3)5-7;1-3-2/h4H,5-6H2,1-3H3;3H,1H2,2H3. The zero-order chi connectivity index (χ0) is 10.5. The maximum atomic E-state index is 11.0. The molecular weight excluding hydrogens is 160 g/mol. The van der Waals surface area contributed by atoms with Crippen molar-refractivity contribution in [3.63, 3.8) is 0 Å². The summed E-state index contributed by atoms with van der Waals surface area (Å²) in [5, 5.41) is 0. The Hall–Kier alpha value is -0.850. The predicted octanol–water partition coefficient (Wildman–Crippen LogP) is 3.51. The van der Waals surface area contributed by atoms with Crippen LogP contribution in [0.15, 0.2) is 24.3 Å². The molecule has 0 N–H and O–H groups in total. The second-order valence-electron chi connectivity index (χ2n) is 4.38. The number of carbonyl (C=O) groups is 1. The molecule has 0 bridgehead atoms. The molecule has 1 heteroatoms. The Kier molecular flexibility index (Phi) is 4.68. The molecule has 0 amide bonds. The van der Waals surface area contributed by atoms with Gasteiger partial charge in [-0.2, -0.15) is 0 Å². The summed E-state index contributed by atoms with van der Waals surface area (Å²) in [7, 11) is 0. The number of hydrogen-bond donors (Lipinski definition) is 0. The molecule has 13 heavy (non-hydrogen) atoms. The van der Waals surface area contributed by atoms with Crippen molar-refractivity contribution in [1.29, 1.82) is 0 Å². The highest BCUT2D eigenvalue weighted by Gasteiger charge is 2.25. The lowest BCUT2D eigenvalue weighted by molar-refractivity contribution is -0.117. The molecule has 0 heterocycles. The smallest absolute Gasteiger partial charge is 0.156 e.